The highest BCUT2D eigenvalue weighted by Gasteiger charge is 2.52. The van der Waals surface area contributed by atoms with Crippen LogP contribution in [0.1, 0.15) is 12.8 Å². The van der Waals surface area contributed by atoms with Crippen molar-refractivity contribution in [3.63, 3.8) is 0 Å². The number of aliphatic carboxylic acids is 1. The third-order valence-electron chi connectivity index (χ3n) is 3.56. The van der Waals surface area contributed by atoms with Gasteiger partial charge in [0.2, 0.25) is 5.91 Å². The summed E-state index contributed by atoms with van der Waals surface area (Å²) in [5.74, 6) is -0.791. The van der Waals surface area contributed by atoms with Gasteiger partial charge < -0.3 is 15.6 Å². The summed E-state index contributed by atoms with van der Waals surface area (Å²) < 4.78 is 5.54. The molecular formula is C11H14N2O4S. The lowest BCUT2D eigenvalue weighted by Gasteiger charge is -2.48. The van der Waals surface area contributed by atoms with Crippen molar-refractivity contribution in [1.82, 2.24) is 4.90 Å². The summed E-state index contributed by atoms with van der Waals surface area (Å²) in [6.45, 7) is 0.655. The Balaban J connectivity index is 1.97. The van der Waals surface area contributed by atoms with E-state index >= 15 is 0 Å². The Morgan fingerprint density at radius 3 is 2.94 bits per heavy atom. The molecule has 0 aliphatic carbocycles. The minimum absolute atomic E-state index is 0.0948. The van der Waals surface area contributed by atoms with E-state index in [2.05, 4.69) is 0 Å². The van der Waals surface area contributed by atoms with Crippen LogP contribution >= 0.6 is 11.8 Å². The number of carbonyl (C=O) groups is 2. The molecule has 0 aromatic rings. The number of carbonyl (C=O) groups excluding carboxylic acids is 1. The van der Waals surface area contributed by atoms with Crippen LogP contribution in [-0.4, -0.2) is 51.8 Å². The summed E-state index contributed by atoms with van der Waals surface area (Å²) in [7, 11) is 0. The van der Waals surface area contributed by atoms with Crippen molar-refractivity contribution in [2.45, 2.75) is 30.4 Å². The predicted molar refractivity (Wildman–Crippen MR) is 64.7 cm³/mol. The van der Waals surface area contributed by atoms with E-state index in [4.69, 9.17) is 10.5 Å². The Morgan fingerprint density at radius 2 is 2.33 bits per heavy atom. The van der Waals surface area contributed by atoms with Crippen molar-refractivity contribution in [3.8, 4) is 0 Å². The van der Waals surface area contributed by atoms with Crippen LogP contribution in [0, 0.1) is 0 Å². The molecule has 3 atom stereocenters. The lowest BCUT2D eigenvalue weighted by Crippen LogP contribution is -2.68. The Morgan fingerprint density at radius 1 is 1.56 bits per heavy atom. The molecule has 3 N–H and O–H groups in total. The van der Waals surface area contributed by atoms with Gasteiger partial charge in [0.05, 0.1) is 6.10 Å². The number of hydrogen-bond acceptors (Lipinski definition) is 5. The zero-order valence-corrected chi connectivity index (χ0v) is 10.5. The summed E-state index contributed by atoms with van der Waals surface area (Å²) in [6.07, 6.45) is 1.60. The van der Waals surface area contributed by atoms with Gasteiger partial charge in [0, 0.05) is 12.4 Å². The summed E-state index contributed by atoms with van der Waals surface area (Å²) in [6, 6.07) is -0.574. The van der Waals surface area contributed by atoms with Crippen molar-refractivity contribution < 1.29 is 19.4 Å². The molecule has 0 bridgehead atoms. The molecule has 0 saturated carbocycles. The molecule has 6 nitrogen and oxygen atoms in total. The maximum Gasteiger partial charge on any atom is 0.352 e. The lowest BCUT2D eigenvalue weighted by molar-refractivity contribution is -0.148. The quantitative estimate of drug-likeness (QED) is 0.672. The smallest absolute Gasteiger partial charge is 0.352 e. The molecule has 2 fully saturated rings. The number of β-lactam (4-membered cyclic amide) rings is 1. The Kier molecular flexibility index (Phi) is 2.84. The normalized spacial score (nSPS) is 35.5. The van der Waals surface area contributed by atoms with Gasteiger partial charge in [0.15, 0.2) is 0 Å². The average Bonchev–Trinajstić information content (AvgIpc) is 2.89. The fraction of sp³-hybridized carbons (Fsp3) is 0.636. The van der Waals surface area contributed by atoms with Crippen LogP contribution in [0.5, 0.6) is 0 Å². The number of thioether (sulfide) groups is 1. The summed E-state index contributed by atoms with van der Waals surface area (Å²) >= 11 is 1.52. The molecule has 18 heavy (non-hydrogen) atoms. The average molecular weight is 270 g/mol. The third-order valence-corrected chi connectivity index (χ3v) is 4.88. The first-order chi connectivity index (χ1) is 8.61. The van der Waals surface area contributed by atoms with Crippen LogP contribution in [0.3, 0.4) is 0 Å². The Labute approximate surface area is 108 Å². The topological polar surface area (TPSA) is 92.9 Å². The molecule has 1 unspecified atom stereocenters. The Bertz CT molecular complexity index is 444. The second-order valence-electron chi connectivity index (χ2n) is 4.62. The molecule has 3 aliphatic heterocycles. The monoisotopic (exact) mass is 270 g/mol. The van der Waals surface area contributed by atoms with Gasteiger partial charge in [-0.05, 0) is 18.4 Å². The van der Waals surface area contributed by atoms with Gasteiger partial charge in [-0.1, -0.05) is 0 Å². The minimum atomic E-state index is -1.06. The molecule has 2 saturated heterocycles. The van der Waals surface area contributed by atoms with E-state index in [1.165, 1.54) is 16.7 Å². The fourth-order valence-corrected chi connectivity index (χ4v) is 3.99. The summed E-state index contributed by atoms with van der Waals surface area (Å²) in [5, 5.41) is 9.11. The summed E-state index contributed by atoms with van der Waals surface area (Å²) in [4.78, 5) is 24.4. The largest absolute Gasteiger partial charge is 0.477 e. The first-order valence-electron chi connectivity index (χ1n) is 5.89. The second kappa shape index (κ2) is 4.25. The van der Waals surface area contributed by atoms with Crippen molar-refractivity contribution in [3.05, 3.63) is 11.3 Å². The molecule has 0 aromatic carbocycles. The van der Waals surface area contributed by atoms with Crippen LogP contribution in [0.25, 0.3) is 0 Å². The predicted octanol–water partition coefficient (Wildman–Crippen LogP) is -0.253. The number of hydrogen-bond donors (Lipinski definition) is 2. The number of rotatable bonds is 2. The van der Waals surface area contributed by atoms with Gasteiger partial charge in [-0.25, -0.2) is 4.79 Å². The van der Waals surface area contributed by atoms with E-state index in [1.54, 1.807) is 0 Å². The van der Waals surface area contributed by atoms with Crippen LogP contribution in [0.2, 0.25) is 0 Å². The maximum absolute atomic E-state index is 11.7. The number of nitrogens with zero attached hydrogens (tertiary/aromatic N) is 1. The zero-order valence-electron chi connectivity index (χ0n) is 9.67. The molecule has 7 heteroatoms. The van der Waals surface area contributed by atoms with Gasteiger partial charge in [0.25, 0.3) is 0 Å². The molecule has 3 aliphatic rings. The fourth-order valence-electron chi connectivity index (χ4n) is 2.64. The molecule has 0 spiro atoms. The third kappa shape index (κ3) is 1.58. The standard InChI is InChI=1S/C11H14N2O4S/c12-7-9(14)13-8(11(15)16)5(4-18-10(7)13)6-2-1-3-17-6/h6-7,10H,1-4,12H2,(H,15,16)/t6?,7-,10-/m1/s1. The highest BCUT2D eigenvalue weighted by molar-refractivity contribution is 8.00. The van der Waals surface area contributed by atoms with Crippen molar-refractivity contribution >= 4 is 23.6 Å². The first-order valence-corrected chi connectivity index (χ1v) is 6.94. The van der Waals surface area contributed by atoms with Gasteiger partial charge in [0.1, 0.15) is 17.1 Å². The number of carboxylic acid groups (broad SMARTS) is 1. The van der Waals surface area contributed by atoms with Gasteiger partial charge in [-0.2, -0.15) is 0 Å². The molecule has 1 amide bonds. The van der Waals surface area contributed by atoms with Gasteiger partial charge in [-0.15, -0.1) is 11.8 Å². The van der Waals surface area contributed by atoms with Gasteiger partial charge in [-0.3, -0.25) is 9.69 Å². The molecular weight excluding hydrogens is 256 g/mol. The van der Waals surface area contributed by atoms with E-state index in [0.717, 1.165) is 18.4 Å². The highest BCUT2D eigenvalue weighted by Crippen LogP contribution is 2.41. The number of fused-ring (bicyclic) bond motifs is 1. The molecule has 3 rings (SSSR count). The SMILES string of the molecule is N[C@@H]1C(=O)N2C(C(=O)O)=C(C3CCCO3)CS[C@H]12. The number of amides is 1. The van der Waals surface area contributed by atoms with Crippen molar-refractivity contribution in [2.24, 2.45) is 5.73 Å². The number of nitrogens with two attached hydrogens (primary N) is 1. The first kappa shape index (κ1) is 12.0. The minimum Gasteiger partial charge on any atom is -0.477 e. The van der Waals surface area contributed by atoms with E-state index in [-0.39, 0.29) is 23.1 Å². The van der Waals surface area contributed by atoms with Crippen LogP contribution in [0.4, 0.5) is 0 Å². The molecule has 98 valence electrons. The second-order valence-corrected chi connectivity index (χ2v) is 5.72. The van der Waals surface area contributed by atoms with Crippen LogP contribution < -0.4 is 5.73 Å². The van der Waals surface area contributed by atoms with Crippen molar-refractivity contribution in [1.29, 1.82) is 0 Å². The van der Waals surface area contributed by atoms with Crippen molar-refractivity contribution in [2.75, 3.05) is 12.4 Å². The lowest BCUT2D eigenvalue weighted by atomic mass is 10.00. The highest BCUT2D eigenvalue weighted by atomic mass is 32.2. The molecule has 3 heterocycles. The van der Waals surface area contributed by atoms with E-state index in [0.29, 0.717) is 12.4 Å². The van der Waals surface area contributed by atoms with Crippen LogP contribution in [-0.2, 0) is 14.3 Å². The molecule has 0 radical (unpaired) electrons. The van der Waals surface area contributed by atoms with E-state index in [1.807, 2.05) is 0 Å². The van der Waals surface area contributed by atoms with E-state index in [9.17, 15) is 14.7 Å². The Hall–Kier alpha value is -1.05. The van der Waals surface area contributed by atoms with E-state index < -0.39 is 12.0 Å². The van der Waals surface area contributed by atoms with Gasteiger partial charge >= 0.3 is 5.97 Å². The summed E-state index contributed by atoms with van der Waals surface area (Å²) in [5.41, 5.74) is 6.50. The molecule has 0 aromatic heterocycles. The zero-order chi connectivity index (χ0) is 12.9. The number of ether oxygens (including phenoxy) is 1. The number of carboxylic acids is 1. The maximum atomic E-state index is 11.7. The van der Waals surface area contributed by atoms with Crippen LogP contribution in [0.15, 0.2) is 11.3 Å².